The number of hydrogen-bond donors (Lipinski definition) is 0. The van der Waals surface area contributed by atoms with Gasteiger partial charge >= 0.3 is 0 Å². The van der Waals surface area contributed by atoms with Crippen LogP contribution in [0.25, 0.3) is 0 Å². The summed E-state index contributed by atoms with van der Waals surface area (Å²) in [5.41, 5.74) is 1.57. The minimum absolute atomic E-state index is 0.312. The Morgan fingerprint density at radius 2 is 1.00 bits per heavy atom. The van der Waals surface area contributed by atoms with E-state index in [1.54, 1.807) is 0 Å². The summed E-state index contributed by atoms with van der Waals surface area (Å²) < 4.78 is 28.3. The van der Waals surface area contributed by atoms with Crippen LogP contribution in [0.3, 0.4) is 0 Å². The van der Waals surface area contributed by atoms with Gasteiger partial charge in [0.15, 0.2) is 0 Å². The van der Waals surface area contributed by atoms with E-state index >= 15 is 0 Å². The smallest absolute Gasteiger partial charge is 0.129 e. The first-order valence-electron chi connectivity index (χ1n) is 8.24. The average molecular weight is 278 g/mol. The lowest BCUT2D eigenvalue weighted by Crippen LogP contribution is -2.11. The van der Waals surface area contributed by atoms with E-state index in [-0.39, 0.29) is 11.6 Å². The summed E-state index contributed by atoms with van der Waals surface area (Å²) in [6, 6.07) is 3.02. The second kappa shape index (κ2) is 6.24. The fourth-order valence-corrected chi connectivity index (χ4v) is 4.04. The highest BCUT2D eigenvalue weighted by molar-refractivity contribution is 5.32. The van der Waals surface area contributed by atoms with E-state index in [0.717, 1.165) is 42.9 Å². The van der Waals surface area contributed by atoms with Crippen molar-refractivity contribution in [1.82, 2.24) is 0 Å². The second-order valence-corrected chi connectivity index (χ2v) is 6.57. The van der Waals surface area contributed by atoms with Crippen LogP contribution >= 0.6 is 0 Å². The lowest BCUT2D eigenvalue weighted by Gasteiger charge is -2.26. The van der Waals surface area contributed by atoms with Crippen molar-refractivity contribution >= 4 is 0 Å². The summed E-state index contributed by atoms with van der Waals surface area (Å²) in [5.74, 6) is -0.0266. The Balaban J connectivity index is 1.89. The average Bonchev–Trinajstić information content (AvgIpc) is 2.49. The molecule has 2 aliphatic rings. The maximum absolute atomic E-state index is 14.1. The van der Waals surface area contributed by atoms with Crippen molar-refractivity contribution in [2.24, 2.45) is 0 Å². The minimum Gasteiger partial charge on any atom is -0.207 e. The van der Waals surface area contributed by atoms with Crippen molar-refractivity contribution in [3.8, 4) is 0 Å². The SMILES string of the molecule is Fc1cc(F)c(C2CCCCC2)cc1C1CCCCC1. The zero-order valence-electron chi connectivity index (χ0n) is 12.1. The molecule has 20 heavy (non-hydrogen) atoms. The summed E-state index contributed by atoms with van der Waals surface area (Å²) >= 11 is 0. The van der Waals surface area contributed by atoms with Gasteiger partial charge in [-0.05, 0) is 54.7 Å². The highest BCUT2D eigenvalue weighted by atomic mass is 19.1. The van der Waals surface area contributed by atoms with Gasteiger partial charge in [0.2, 0.25) is 0 Å². The van der Waals surface area contributed by atoms with Crippen LogP contribution in [0.1, 0.15) is 87.2 Å². The van der Waals surface area contributed by atoms with E-state index in [1.165, 1.54) is 38.5 Å². The van der Waals surface area contributed by atoms with E-state index in [2.05, 4.69) is 0 Å². The molecule has 0 saturated heterocycles. The van der Waals surface area contributed by atoms with Gasteiger partial charge in [-0.25, -0.2) is 8.78 Å². The van der Waals surface area contributed by atoms with E-state index in [9.17, 15) is 8.78 Å². The Kier molecular flexibility index (Phi) is 4.38. The topological polar surface area (TPSA) is 0 Å². The number of rotatable bonds is 2. The first kappa shape index (κ1) is 14.0. The molecule has 0 bridgehead atoms. The van der Waals surface area contributed by atoms with E-state index in [1.807, 2.05) is 6.07 Å². The van der Waals surface area contributed by atoms with Gasteiger partial charge in [0.25, 0.3) is 0 Å². The van der Waals surface area contributed by atoms with Gasteiger partial charge in [0, 0.05) is 6.07 Å². The maximum atomic E-state index is 14.1. The molecule has 0 amide bonds. The van der Waals surface area contributed by atoms with Crippen molar-refractivity contribution in [2.75, 3.05) is 0 Å². The molecule has 0 aromatic heterocycles. The molecule has 110 valence electrons. The molecule has 0 N–H and O–H groups in total. The molecule has 2 aliphatic carbocycles. The third-order valence-electron chi connectivity index (χ3n) is 5.21. The molecular weight excluding hydrogens is 254 g/mol. The Morgan fingerprint density at radius 3 is 1.40 bits per heavy atom. The van der Waals surface area contributed by atoms with E-state index < -0.39 is 0 Å². The Morgan fingerprint density at radius 1 is 0.600 bits per heavy atom. The zero-order chi connectivity index (χ0) is 13.9. The van der Waals surface area contributed by atoms with Crippen LogP contribution in [-0.4, -0.2) is 0 Å². The summed E-state index contributed by atoms with van der Waals surface area (Å²) in [5, 5.41) is 0. The Hall–Kier alpha value is -0.920. The largest absolute Gasteiger partial charge is 0.207 e. The number of benzene rings is 1. The minimum atomic E-state index is -0.325. The normalized spacial score (nSPS) is 22.1. The quantitative estimate of drug-likeness (QED) is 0.616. The van der Waals surface area contributed by atoms with Gasteiger partial charge in [-0.2, -0.15) is 0 Å². The molecule has 0 atom stereocenters. The molecule has 0 spiro atoms. The summed E-state index contributed by atoms with van der Waals surface area (Å²) in [4.78, 5) is 0. The fourth-order valence-electron chi connectivity index (χ4n) is 4.04. The lowest BCUT2D eigenvalue weighted by molar-refractivity contribution is 0.414. The molecule has 1 aromatic rings. The predicted molar refractivity (Wildman–Crippen MR) is 78.0 cm³/mol. The summed E-state index contributed by atoms with van der Waals surface area (Å²) in [6.07, 6.45) is 11.5. The van der Waals surface area contributed by atoms with Crippen molar-refractivity contribution in [3.63, 3.8) is 0 Å². The Bertz CT molecular complexity index is 415. The van der Waals surface area contributed by atoms with Gasteiger partial charge in [0.05, 0.1) is 0 Å². The van der Waals surface area contributed by atoms with Crippen LogP contribution in [0.5, 0.6) is 0 Å². The number of hydrogen-bond acceptors (Lipinski definition) is 0. The van der Waals surface area contributed by atoms with Crippen molar-refractivity contribution in [1.29, 1.82) is 0 Å². The van der Waals surface area contributed by atoms with Gasteiger partial charge in [-0.1, -0.05) is 38.5 Å². The molecule has 0 aliphatic heterocycles. The standard InChI is InChI=1S/C18H24F2/c19-17-12-18(20)16(14-9-5-2-6-10-14)11-15(17)13-7-3-1-4-8-13/h11-14H,1-10H2. The maximum Gasteiger partial charge on any atom is 0.129 e. The van der Waals surface area contributed by atoms with Gasteiger partial charge in [0.1, 0.15) is 11.6 Å². The van der Waals surface area contributed by atoms with Gasteiger partial charge in [-0.3, -0.25) is 0 Å². The van der Waals surface area contributed by atoms with Gasteiger partial charge < -0.3 is 0 Å². The number of halogens is 2. The molecule has 1 aromatic carbocycles. The lowest BCUT2D eigenvalue weighted by atomic mass is 9.79. The second-order valence-electron chi connectivity index (χ2n) is 6.57. The van der Waals surface area contributed by atoms with Crippen LogP contribution in [0.2, 0.25) is 0 Å². The molecule has 0 nitrogen and oxygen atoms in total. The Labute approximate surface area is 120 Å². The molecule has 0 radical (unpaired) electrons. The monoisotopic (exact) mass is 278 g/mol. The summed E-state index contributed by atoms with van der Waals surface area (Å²) in [6.45, 7) is 0. The molecule has 0 unspecified atom stereocenters. The molecule has 0 heterocycles. The molecule has 2 heteroatoms. The highest BCUT2D eigenvalue weighted by Crippen LogP contribution is 2.39. The summed E-state index contributed by atoms with van der Waals surface area (Å²) in [7, 11) is 0. The van der Waals surface area contributed by atoms with Crippen LogP contribution in [0, 0.1) is 11.6 Å². The first-order valence-corrected chi connectivity index (χ1v) is 8.24. The van der Waals surface area contributed by atoms with Crippen LogP contribution < -0.4 is 0 Å². The predicted octanol–water partition coefficient (Wildman–Crippen LogP) is 6.06. The molecule has 3 rings (SSSR count). The molecular formula is C18H24F2. The fraction of sp³-hybridized carbons (Fsp3) is 0.667. The van der Waals surface area contributed by atoms with Crippen LogP contribution in [0.4, 0.5) is 8.78 Å². The van der Waals surface area contributed by atoms with E-state index in [4.69, 9.17) is 0 Å². The zero-order valence-corrected chi connectivity index (χ0v) is 12.1. The van der Waals surface area contributed by atoms with Crippen molar-refractivity contribution in [3.05, 3.63) is 34.9 Å². The van der Waals surface area contributed by atoms with Crippen molar-refractivity contribution < 1.29 is 8.78 Å². The van der Waals surface area contributed by atoms with Crippen LogP contribution in [0.15, 0.2) is 12.1 Å². The first-order chi connectivity index (χ1) is 9.75. The van der Waals surface area contributed by atoms with E-state index in [0.29, 0.717) is 11.8 Å². The van der Waals surface area contributed by atoms with Gasteiger partial charge in [-0.15, -0.1) is 0 Å². The molecule has 2 saturated carbocycles. The third kappa shape index (κ3) is 2.89. The molecule has 2 fully saturated rings. The third-order valence-corrected chi connectivity index (χ3v) is 5.21. The highest BCUT2D eigenvalue weighted by Gasteiger charge is 2.24. The van der Waals surface area contributed by atoms with Crippen LogP contribution in [-0.2, 0) is 0 Å². The van der Waals surface area contributed by atoms with Crippen molar-refractivity contribution in [2.45, 2.75) is 76.0 Å².